The molecular weight excluding hydrogens is 346 g/mol. The highest BCUT2D eigenvalue weighted by Gasteiger charge is 2.32. The maximum absolute atomic E-state index is 5.76. The van der Waals surface area contributed by atoms with E-state index in [4.69, 9.17) is 14.2 Å². The Morgan fingerprint density at radius 2 is 1.92 bits per heavy atom. The first-order chi connectivity index (χ1) is 12.8. The van der Waals surface area contributed by atoms with E-state index in [-0.39, 0.29) is 0 Å². The van der Waals surface area contributed by atoms with E-state index in [2.05, 4.69) is 41.9 Å². The molecule has 0 amide bonds. The van der Waals surface area contributed by atoms with Crippen LogP contribution in [0, 0.1) is 5.92 Å². The summed E-state index contributed by atoms with van der Waals surface area (Å²) in [5, 5.41) is 3.75. The van der Waals surface area contributed by atoms with Crippen molar-refractivity contribution >= 4 is 11.8 Å². The SMILES string of the molecule is COc1cc(CNC(c2ccc3c(c2)OCCO3)C2CC2)ccc1SC. The van der Waals surface area contributed by atoms with Gasteiger partial charge < -0.3 is 19.5 Å². The fourth-order valence-corrected chi connectivity index (χ4v) is 4.01. The van der Waals surface area contributed by atoms with Crippen molar-refractivity contribution in [1.29, 1.82) is 0 Å². The lowest BCUT2D eigenvalue weighted by molar-refractivity contribution is 0.171. The summed E-state index contributed by atoms with van der Waals surface area (Å²) in [4.78, 5) is 1.17. The Morgan fingerprint density at radius 1 is 1.12 bits per heavy atom. The quantitative estimate of drug-likeness (QED) is 0.729. The number of rotatable bonds is 7. The van der Waals surface area contributed by atoms with Crippen LogP contribution >= 0.6 is 11.8 Å². The van der Waals surface area contributed by atoms with Gasteiger partial charge in [0.25, 0.3) is 0 Å². The molecule has 2 aliphatic rings. The molecule has 0 spiro atoms. The molecule has 1 heterocycles. The van der Waals surface area contributed by atoms with E-state index in [1.165, 1.54) is 28.9 Å². The molecule has 0 aromatic heterocycles. The van der Waals surface area contributed by atoms with Crippen LogP contribution in [0.3, 0.4) is 0 Å². The van der Waals surface area contributed by atoms with Crippen molar-refractivity contribution in [3.63, 3.8) is 0 Å². The van der Waals surface area contributed by atoms with Gasteiger partial charge in [0.1, 0.15) is 19.0 Å². The summed E-state index contributed by atoms with van der Waals surface area (Å²) in [5.41, 5.74) is 2.52. The number of hydrogen-bond acceptors (Lipinski definition) is 5. The zero-order valence-electron chi connectivity index (χ0n) is 15.3. The van der Waals surface area contributed by atoms with Crippen molar-refractivity contribution in [2.45, 2.75) is 30.3 Å². The van der Waals surface area contributed by atoms with Gasteiger partial charge in [0.15, 0.2) is 11.5 Å². The fourth-order valence-electron chi connectivity index (χ4n) is 3.46. The lowest BCUT2D eigenvalue weighted by Crippen LogP contribution is -2.23. The average molecular weight is 372 g/mol. The lowest BCUT2D eigenvalue weighted by Gasteiger charge is -2.23. The van der Waals surface area contributed by atoms with Crippen LogP contribution in [0.2, 0.25) is 0 Å². The van der Waals surface area contributed by atoms with E-state index in [1.807, 2.05) is 6.07 Å². The molecule has 1 N–H and O–H groups in total. The number of ether oxygens (including phenoxy) is 3. The first-order valence-corrected chi connectivity index (χ1v) is 10.3. The van der Waals surface area contributed by atoms with E-state index in [9.17, 15) is 0 Å². The summed E-state index contributed by atoms with van der Waals surface area (Å²) in [6.07, 6.45) is 4.63. The zero-order valence-corrected chi connectivity index (χ0v) is 16.1. The highest BCUT2D eigenvalue weighted by molar-refractivity contribution is 7.98. The van der Waals surface area contributed by atoms with E-state index in [1.54, 1.807) is 18.9 Å². The third-order valence-electron chi connectivity index (χ3n) is 4.99. The Balaban J connectivity index is 1.50. The summed E-state index contributed by atoms with van der Waals surface area (Å²) in [6.45, 7) is 2.07. The van der Waals surface area contributed by atoms with Gasteiger partial charge in [-0.05, 0) is 60.4 Å². The van der Waals surface area contributed by atoms with Crippen molar-refractivity contribution in [3.05, 3.63) is 47.5 Å². The van der Waals surface area contributed by atoms with Gasteiger partial charge in [0, 0.05) is 17.5 Å². The molecule has 0 radical (unpaired) electrons. The monoisotopic (exact) mass is 371 g/mol. The summed E-state index contributed by atoms with van der Waals surface area (Å²) in [5.74, 6) is 3.36. The van der Waals surface area contributed by atoms with Gasteiger partial charge in [-0.25, -0.2) is 0 Å². The Kier molecular flexibility index (Phi) is 5.27. The smallest absolute Gasteiger partial charge is 0.161 e. The number of nitrogens with one attached hydrogen (secondary N) is 1. The van der Waals surface area contributed by atoms with Crippen LogP contribution in [0.4, 0.5) is 0 Å². The molecule has 1 unspecified atom stereocenters. The van der Waals surface area contributed by atoms with E-state index in [0.29, 0.717) is 25.2 Å². The molecule has 0 bridgehead atoms. The molecule has 4 rings (SSSR count). The van der Waals surface area contributed by atoms with Gasteiger partial charge in [-0.1, -0.05) is 12.1 Å². The second-order valence-electron chi connectivity index (χ2n) is 6.79. The molecule has 26 heavy (non-hydrogen) atoms. The minimum absolute atomic E-state index is 0.344. The average Bonchev–Trinajstić information content (AvgIpc) is 3.53. The number of methoxy groups -OCH3 is 1. The second kappa shape index (κ2) is 7.80. The molecule has 4 nitrogen and oxygen atoms in total. The molecule has 5 heteroatoms. The summed E-state index contributed by atoms with van der Waals surface area (Å²) in [7, 11) is 1.73. The Morgan fingerprint density at radius 3 is 2.65 bits per heavy atom. The zero-order chi connectivity index (χ0) is 17.9. The molecule has 2 aromatic carbocycles. The van der Waals surface area contributed by atoms with Crippen LogP contribution in [0.25, 0.3) is 0 Å². The van der Waals surface area contributed by atoms with Crippen LogP contribution in [-0.2, 0) is 6.54 Å². The normalized spacial score (nSPS) is 17.0. The van der Waals surface area contributed by atoms with Crippen LogP contribution in [-0.4, -0.2) is 26.6 Å². The molecule has 1 fully saturated rings. The van der Waals surface area contributed by atoms with Crippen LogP contribution < -0.4 is 19.5 Å². The third-order valence-corrected chi connectivity index (χ3v) is 5.77. The first kappa shape index (κ1) is 17.6. The van der Waals surface area contributed by atoms with Crippen molar-refractivity contribution < 1.29 is 14.2 Å². The molecule has 1 aliphatic carbocycles. The van der Waals surface area contributed by atoms with Crippen molar-refractivity contribution in [2.75, 3.05) is 26.6 Å². The van der Waals surface area contributed by atoms with E-state index < -0.39 is 0 Å². The summed E-state index contributed by atoms with van der Waals surface area (Å²) in [6, 6.07) is 13.1. The predicted octanol–water partition coefficient (Wildman–Crippen LogP) is 4.43. The van der Waals surface area contributed by atoms with Gasteiger partial charge in [-0.15, -0.1) is 11.8 Å². The summed E-state index contributed by atoms with van der Waals surface area (Å²) < 4.78 is 16.9. The van der Waals surface area contributed by atoms with Gasteiger partial charge in [-0.3, -0.25) is 0 Å². The molecule has 1 aliphatic heterocycles. The van der Waals surface area contributed by atoms with Gasteiger partial charge in [0.05, 0.1) is 7.11 Å². The highest BCUT2D eigenvalue weighted by atomic mass is 32.2. The molecule has 0 saturated heterocycles. The first-order valence-electron chi connectivity index (χ1n) is 9.12. The van der Waals surface area contributed by atoms with Gasteiger partial charge in [-0.2, -0.15) is 0 Å². The van der Waals surface area contributed by atoms with Crippen molar-refractivity contribution in [1.82, 2.24) is 5.32 Å². The molecule has 1 saturated carbocycles. The van der Waals surface area contributed by atoms with Crippen molar-refractivity contribution in [3.8, 4) is 17.2 Å². The van der Waals surface area contributed by atoms with Gasteiger partial charge in [0.2, 0.25) is 0 Å². The fraction of sp³-hybridized carbons (Fsp3) is 0.429. The predicted molar refractivity (Wildman–Crippen MR) is 105 cm³/mol. The Bertz CT molecular complexity index is 776. The maximum Gasteiger partial charge on any atom is 0.161 e. The molecule has 1 atom stereocenters. The molecule has 138 valence electrons. The van der Waals surface area contributed by atoms with Gasteiger partial charge >= 0.3 is 0 Å². The van der Waals surface area contributed by atoms with Crippen LogP contribution in [0.15, 0.2) is 41.3 Å². The number of fused-ring (bicyclic) bond motifs is 1. The maximum atomic E-state index is 5.76. The highest BCUT2D eigenvalue weighted by Crippen LogP contribution is 2.43. The molecule has 2 aromatic rings. The molecular formula is C21H25NO3S. The van der Waals surface area contributed by atoms with E-state index in [0.717, 1.165) is 23.8 Å². The number of hydrogen-bond donors (Lipinski definition) is 1. The van der Waals surface area contributed by atoms with Crippen molar-refractivity contribution in [2.24, 2.45) is 5.92 Å². The lowest BCUT2D eigenvalue weighted by atomic mass is 10.0. The van der Waals surface area contributed by atoms with Crippen LogP contribution in [0.5, 0.6) is 17.2 Å². The summed E-state index contributed by atoms with van der Waals surface area (Å²) >= 11 is 1.71. The second-order valence-corrected chi connectivity index (χ2v) is 7.64. The number of benzene rings is 2. The minimum Gasteiger partial charge on any atom is -0.496 e. The Labute approximate surface area is 159 Å². The standard InChI is InChI=1S/C21H25NO3S/c1-23-19-11-14(3-8-20(19)26-2)13-22-21(15-4-5-15)16-6-7-17-18(12-16)25-10-9-24-17/h3,6-8,11-12,15,21-22H,4-5,9-10,13H2,1-2H3. The Hall–Kier alpha value is -1.85. The largest absolute Gasteiger partial charge is 0.496 e. The number of thioether (sulfide) groups is 1. The topological polar surface area (TPSA) is 39.7 Å². The minimum atomic E-state index is 0.344. The van der Waals surface area contributed by atoms with Crippen LogP contribution in [0.1, 0.15) is 30.0 Å². The van der Waals surface area contributed by atoms with E-state index >= 15 is 0 Å². The third kappa shape index (κ3) is 3.79.